The minimum atomic E-state index is -0.309. The molecule has 0 atom stereocenters. The summed E-state index contributed by atoms with van der Waals surface area (Å²) in [6.07, 6.45) is 1.68. The van der Waals surface area contributed by atoms with E-state index < -0.39 is 0 Å². The minimum absolute atomic E-state index is 0.309. The Morgan fingerprint density at radius 1 is 1.18 bits per heavy atom. The molecule has 0 saturated carbocycles. The van der Waals surface area contributed by atoms with Gasteiger partial charge < -0.3 is 5.32 Å². The Balaban J connectivity index is 1.69. The highest BCUT2D eigenvalue weighted by Crippen LogP contribution is 2.27. The molecule has 4 aromatic rings. The van der Waals surface area contributed by atoms with Crippen LogP contribution >= 0.6 is 15.9 Å². The Kier molecular flexibility index (Phi) is 4.96. The highest BCUT2D eigenvalue weighted by Gasteiger charge is 2.13. The number of aromatic nitrogens is 3. The Morgan fingerprint density at radius 2 is 1.93 bits per heavy atom. The lowest BCUT2D eigenvalue weighted by atomic mass is 10.1. The van der Waals surface area contributed by atoms with Crippen molar-refractivity contribution < 1.29 is 4.39 Å². The first-order chi connectivity index (χ1) is 13.5. The molecule has 0 bridgehead atoms. The van der Waals surface area contributed by atoms with Crippen LogP contribution in [0.2, 0.25) is 0 Å². The number of halogens is 2. The number of rotatable bonds is 5. The lowest BCUT2D eigenvalue weighted by Gasteiger charge is -2.12. The molecule has 28 heavy (non-hydrogen) atoms. The summed E-state index contributed by atoms with van der Waals surface area (Å²) in [4.78, 5) is 4.58. The molecule has 0 unspecified atom stereocenters. The Bertz CT molecular complexity index is 1170. The lowest BCUT2D eigenvalue weighted by molar-refractivity contribution is 0.630. The third-order valence-electron chi connectivity index (χ3n) is 4.50. The molecule has 2 aromatic heterocycles. The van der Waals surface area contributed by atoms with Gasteiger partial charge in [-0.25, -0.2) is 9.37 Å². The predicted molar refractivity (Wildman–Crippen MR) is 115 cm³/mol. The molecule has 4 nitrogen and oxygen atoms in total. The van der Waals surface area contributed by atoms with Crippen LogP contribution in [-0.4, -0.2) is 14.6 Å². The van der Waals surface area contributed by atoms with E-state index in [9.17, 15) is 4.39 Å². The summed E-state index contributed by atoms with van der Waals surface area (Å²) in [5, 5.41) is 7.75. The molecule has 140 valence electrons. The number of benzene rings is 2. The summed E-state index contributed by atoms with van der Waals surface area (Å²) in [7, 11) is 0. The molecule has 0 spiro atoms. The van der Waals surface area contributed by atoms with Gasteiger partial charge in [-0.1, -0.05) is 48.6 Å². The van der Waals surface area contributed by atoms with Gasteiger partial charge in [0.2, 0.25) is 0 Å². The maximum atomic E-state index is 14.3. The van der Waals surface area contributed by atoms with Gasteiger partial charge in [0.15, 0.2) is 5.65 Å². The first kappa shape index (κ1) is 18.4. The predicted octanol–water partition coefficient (Wildman–Crippen LogP) is 5.94. The van der Waals surface area contributed by atoms with Crippen molar-refractivity contribution in [2.75, 3.05) is 5.32 Å². The number of allylic oxidation sites excluding steroid dienone is 1. The molecule has 1 N–H and O–H groups in total. The van der Waals surface area contributed by atoms with Crippen molar-refractivity contribution >= 4 is 33.0 Å². The first-order valence-electron chi connectivity index (χ1n) is 8.81. The summed E-state index contributed by atoms with van der Waals surface area (Å²) in [5.74, 6) is 0.425. The number of nitrogens with zero attached hydrogens (tertiary/aromatic N) is 3. The average Bonchev–Trinajstić information content (AvgIpc) is 3.08. The summed E-state index contributed by atoms with van der Waals surface area (Å²) >= 11 is 3.47. The van der Waals surface area contributed by atoms with Crippen molar-refractivity contribution in [1.29, 1.82) is 0 Å². The molecule has 4 rings (SSSR count). The Morgan fingerprint density at radius 3 is 2.64 bits per heavy atom. The lowest BCUT2D eigenvalue weighted by Crippen LogP contribution is -2.07. The monoisotopic (exact) mass is 436 g/mol. The van der Waals surface area contributed by atoms with Gasteiger partial charge in [-0.15, -0.1) is 0 Å². The zero-order chi connectivity index (χ0) is 19.7. The van der Waals surface area contributed by atoms with E-state index in [1.165, 1.54) is 6.07 Å². The van der Waals surface area contributed by atoms with Crippen molar-refractivity contribution in [1.82, 2.24) is 14.6 Å². The molecule has 0 aliphatic heterocycles. The third kappa shape index (κ3) is 3.55. The standard InChI is InChI=1S/C22H18BrFN4/c1-14(2)16-9-7-15(8-10-16)12-25-21-11-20(17-5-3-4-6-19(17)24)27-22-18(23)13-26-28(21)22/h3-11,13,25H,1,12H2,2H3. The van der Waals surface area contributed by atoms with E-state index in [0.29, 0.717) is 23.4 Å². The van der Waals surface area contributed by atoms with Gasteiger partial charge in [0.25, 0.3) is 0 Å². The molecular weight excluding hydrogens is 419 g/mol. The average molecular weight is 437 g/mol. The normalized spacial score (nSPS) is 11.0. The Labute approximate surface area is 170 Å². The van der Waals surface area contributed by atoms with Gasteiger partial charge in [0, 0.05) is 18.2 Å². The zero-order valence-corrected chi connectivity index (χ0v) is 16.9. The number of hydrogen-bond acceptors (Lipinski definition) is 3. The summed E-state index contributed by atoms with van der Waals surface area (Å²) < 4.78 is 16.7. The van der Waals surface area contributed by atoms with Crippen LogP contribution in [-0.2, 0) is 6.54 Å². The van der Waals surface area contributed by atoms with E-state index in [2.05, 4.69) is 62.2 Å². The van der Waals surface area contributed by atoms with E-state index >= 15 is 0 Å². The fraction of sp³-hybridized carbons (Fsp3) is 0.0909. The SMILES string of the molecule is C=C(C)c1ccc(CNc2cc(-c3ccccc3F)nc3c(Br)cnn23)cc1. The smallest absolute Gasteiger partial charge is 0.172 e. The van der Waals surface area contributed by atoms with Crippen LogP contribution in [0.15, 0.2) is 71.8 Å². The van der Waals surface area contributed by atoms with E-state index in [4.69, 9.17) is 0 Å². The fourth-order valence-corrected chi connectivity index (χ4v) is 3.32. The topological polar surface area (TPSA) is 42.2 Å². The van der Waals surface area contributed by atoms with Crippen LogP contribution < -0.4 is 5.32 Å². The van der Waals surface area contributed by atoms with Crippen molar-refractivity contribution in [2.24, 2.45) is 0 Å². The maximum absolute atomic E-state index is 14.3. The van der Waals surface area contributed by atoms with Gasteiger partial charge in [-0.2, -0.15) is 9.61 Å². The highest BCUT2D eigenvalue weighted by molar-refractivity contribution is 9.10. The Hall–Kier alpha value is -2.99. The number of fused-ring (bicyclic) bond motifs is 1. The number of anilines is 1. The fourth-order valence-electron chi connectivity index (χ4n) is 2.97. The number of hydrogen-bond donors (Lipinski definition) is 1. The molecule has 0 radical (unpaired) electrons. The molecule has 6 heteroatoms. The first-order valence-corrected chi connectivity index (χ1v) is 9.60. The third-order valence-corrected chi connectivity index (χ3v) is 5.06. The molecule has 0 amide bonds. The second kappa shape index (κ2) is 7.56. The van der Waals surface area contributed by atoms with Crippen molar-refractivity contribution in [2.45, 2.75) is 13.5 Å². The minimum Gasteiger partial charge on any atom is -0.366 e. The van der Waals surface area contributed by atoms with Crippen molar-refractivity contribution in [3.63, 3.8) is 0 Å². The second-order valence-corrected chi connectivity index (χ2v) is 7.42. The summed E-state index contributed by atoms with van der Waals surface area (Å²) in [5.41, 5.74) is 4.90. The molecule has 0 fully saturated rings. The van der Waals surface area contributed by atoms with Crippen LogP contribution in [0.5, 0.6) is 0 Å². The van der Waals surface area contributed by atoms with E-state index in [1.807, 2.05) is 13.0 Å². The van der Waals surface area contributed by atoms with E-state index in [0.717, 1.165) is 27.0 Å². The largest absolute Gasteiger partial charge is 0.366 e. The molecule has 2 heterocycles. The second-order valence-electron chi connectivity index (χ2n) is 6.57. The molecule has 0 aliphatic carbocycles. The number of nitrogens with one attached hydrogen (secondary N) is 1. The zero-order valence-electron chi connectivity index (χ0n) is 15.3. The molecule has 2 aromatic carbocycles. The maximum Gasteiger partial charge on any atom is 0.172 e. The van der Waals surface area contributed by atoms with Crippen molar-refractivity contribution in [3.8, 4) is 11.3 Å². The van der Waals surface area contributed by atoms with Crippen LogP contribution in [0.4, 0.5) is 10.2 Å². The molecule has 0 saturated heterocycles. The van der Waals surface area contributed by atoms with Gasteiger partial charge in [-0.3, -0.25) is 0 Å². The molecule has 0 aliphatic rings. The van der Waals surface area contributed by atoms with Crippen LogP contribution in [0.3, 0.4) is 0 Å². The van der Waals surface area contributed by atoms with Crippen LogP contribution in [0, 0.1) is 5.82 Å². The van der Waals surface area contributed by atoms with Gasteiger partial charge in [0.1, 0.15) is 11.6 Å². The van der Waals surface area contributed by atoms with E-state index in [-0.39, 0.29) is 5.82 Å². The quantitative estimate of drug-likeness (QED) is 0.420. The van der Waals surface area contributed by atoms with Gasteiger partial charge in [-0.05, 0) is 46.1 Å². The van der Waals surface area contributed by atoms with Gasteiger partial charge in [0.05, 0.1) is 16.4 Å². The molecular formula is C22H18BrFN4. The summed E-state index contributed by atoms with van der Waals surface area (Å²) in [6, 6.07) is 16.7. The van der Waals surface area contributed by atoms with Crippen LogP contribution in [0.25, 0.3) is 22.5 Å². The van der Waals surface area contributed by atoms with Crippen molar-refractivity contribution in [3.05, 3.63) is 88.8 Å². The van der Waals surface area contributed by atoms with Crippen LogP contribution in [0.1, 0.15) is 18.1 Å². The van der Waals surface area contributed by atoms with E-state index in [1.54, 1.807) is 28.9 Å². The highest BCUT2D eigenvalue weighted by atomic mass is 79.9. The summed E-state index contributed by atoms with van der Waals surface area (Å²) in [6.45, 7) is 6.55. The van der Waals surface area contributed by atoms with Gasteiger partial charge >= 0.3 is 0 Å².